The molecule has 3 aromatic rings. The van der Waals surface area contributed by atoms with E-state index in [1.807, 2.05) is 0 Å². The van der Waals surface area contributed by atoms with Crippen LogP contribution in [0.5, 0.6) is 11.5 Å². The van der Waals surface area contributed by atoms with Gasteiger partial charge >= 0.3 is 11.6 Å². The Bertz CT molecular complexity index is 1150. The number of esters is 1. The van der Waals surface area contributed by atoms with E-state index in [2.05, 4.69) is 5.32 Å². The van der Waals surface area contributed by atoms with E-state index < -0.39 is 11.6 Å². The van der Waals surface area contributed by atoms with E-state index in [0.29, 0.717) is 33.7 Å². The first-order valence-electron chi connectivity index (χ1n) is 8.41. The van der Waals surface area contributed by atoms with Crippen molar-refractivity contribution < 1.29 is 28.2 Å². The first kappa shape index (κ1) is 17.6. The predicted molar refractivity (Wildman–Crippen MR) is 98.5 cm³/mol. The highest BCUT2D eigenvalue weighted by atomic mass is 16.7. The predicted octanol–water partition coefficient (Wildman–Crippen LogP) is 2.84. The van der Waals surface area contributed by atoms with Gasteiger partial charge in [-0.15, -0.1) is 0 Å². The van der Waals surface area contributed by atoms with E-state index in [9.17, 15) is 14.4 Å². The minimum atomic E-state index is -0.582. The van der Waals surface area contributed by atoms with Crippen LogP contribution in [0.1, 0.15) is 22.8 Å². The van der Waals surface area contributed by atoms with Crippen molar-refractivity contribution in [3.8, 4) is 11.5 Å². The van der Waals surface area contributed by atoms with Crippen LogP contribution in [0.2, 0.25) is 0 Å². The summed E-state index contributed by atoms with van der Waals surface area (Å²) in [5.74, 6) is 0.244. The Kier molecular flexibility index (Phi) is 4.44. The van der Waals surface area contributed by atoms with E-state index in [-0.39, 0.29) is 24.9 Å². The third kappa shape index (κ3) is 3.52. The van der Waals surface area contributed by atoms with Gasteiger partial charge in [-0.1, -0.05) is 0 Å². The lowest BCUT2D eigenvalue weighted by atomic mass is 10.1. The molecule has 1 aromatic heterocycles. The Morgan fingerprint density at radius 2 is 1.89 bits per heavy atom. The zero-order valence-corrected chi connectivity index (χ0v) is 14.8. The molecule has 0 saturated carbocycles. The van der Waals surface area contributed by atoms with Crippen LogP contribution in [0.3, 0.4) is 0 Å². The second-order valence-electron chi connectivity index (χ2n) is 6.13. The zero-order valence-electron chi connectivity index (χ0n) is 14.8. The molecule has 2 aromatic carbocycles. The molecule has 1 amide bonds. The van der Waals surface area contributed by atoms with Gasteiger partial charge in [-0.25, -0.2) is 9.59 Å². The SMILES string of the molecule is CC(=O)Nc1ccc2c(COC(=O)c3ccc4c(c3)OCO4)cc(=O)oc2c1. The topological polar surface area (TPSA) is 104 Å². The number of amides is 1. The molecule has 0 unspecified atom stereocenters. The molecule has 4 rings (SSSR count). The van der Waals surface area contributed by atoms with E-state index in [1.54, 1.807) is 36.4 Å². The van der Waals surface area contributed by atoms with Crippen molar-refractivity contribution in [3.05, 3.63) is 64.0 Å². The van der Waals surface area contributed by atoms with Crippen molar-refractivity contribution in [1.82, 2.24) is 0 Å². The fraction of sp³-hybridized carbons (Fsp3) is 0.150. The lowest BCUT2D eigenvalue weighted by molar-refractivity contribution is -0.114. The van der Waals surface area contributed by atoms with Crippen LogP contribution in [0.15, 0.2) is 51.7 Å². The molecule has 8 nitrogen and oxygen atoms in total. The Balaban J connectivity index is 1.56. The van der Waals surface area contributed by atoms with E-state index in [1.165, 1.54) is 13.0 Å². The summed E-state index contributed by atoms with van der Waals surface area (Å²) in [6.45, 7) is 1.38. The van der Waals surface area contributed by atoms with Gasteiger partial charge in [-0.2, -0.15) is 0 Å². The highest BCUT2D eigenvalue weighted by molar-refractivity contribution is 5.93. The molecule has 2 heterocycles. The van der Waals surface area contributed by atoms with Gasteiger partial charge < -0.3 is 23.9 Å². The van der Waals surface area contributed by atoms with Crippen LogP contribution in [0.25, 0.3) is 11.0 Å². The van der Waals surface area contributed by atoms with Gasteiger partial charge in [0.05, 0.1) is 5.56 Å². The number of benzene rings is 2. The number of anilines is 1. The molecule has 0 atom stereocenters. The van der Waals surface area contributed by atoms with Crippen LogP contribution in [0.4, 0.5) is 5.69 Å². The number of carbonyl (C=O) groups excluding carboxylic acids is 2. The van der Waals surface area contributed by atoms with Gasteiger partial charge in [0.2, 0.25) is 12.7 Å². The van der Waals surface area contributed by atoms with Crippen molar-refractivity contribution in [2.45, 2.75) is 13.5 Å². The Labute approximate surface area is 158 Å². The maximum Gasteiger partial charge on any atom is 0.338 e. The maximum absolute atomic E-state index is 12.3. The first-order chi connectivity index (χ1) is 13.5. The number of ether oxygens (including phenoxy) is 3. The molecule has 8 heteroatoms. The number of hydrogen-bond acceptors (Lipinski definition) is 7. The third-order valence-electron chi connectivity index (χ3n) is 4.12. The highest BCUT2D eigenvalue weighted by Crippen LogP contribution is 2.32. The number of fused-ring (bicyclic) bond motifs is 2. The number of nitrogens with one attached hydrogen (secondary N) is 1. The molecular formula is C20H15NO7. The van der Waals surface area contributed by atoms with E-state index >= 15 is 0 Å². The van der Waals surface area contributed by atoms with Crippen LogP contribution in [-0.4, -0.2) is 18.7 Å². The fourth-order valence-electron chi connectivity index (χ4n) is 2.88. The highest BCUT2D eigenvalue weighted by Gasteiger charge is 2.17. The summed E-state index contributed by atoms with van der Waals surface area (Å²) in [6, 6.07) is 10.9. The Hall–Kier alpha value is -3.81. The van der Waals surface area contributed by atoms with Crippen LogP contribution >= 0.6 is 0 Å². The standard InChI is InChI=1S/C20H15NO7/c1-11(22)21-14-3-4-15-13(7-19(23)28-17(15)8-14)9-25-20(24)12-2-5-16-18(6-12)27-10-26-16/h2-8H,9-10H2,1H3,(H,21,22). The van der Waals surface area contributed by atoms with Crippen molar-refractivity contribution >= 4 is 28.5 Å². The normalized spacial score (nSPS) is 12.0. The summed E-state index contributed by atoms with van der Waals surface area (Å²) in [7, 11) is 0. The summed E-state index contributed by atoms with van der Waals surface area (Å²) < 4.78 is 21.0. The molecule has 0 radical (unpaired) electrons. The van der Waals surface area contributed by atoms with Crippen molar-refractivity contribution in [2.75, 3.05) is 12.1 Å². The molecule has 0 saturated heterocycles. The van der Waals surface area contributed by atoms with Gasteiger partial charge in [0.25, 0.3) is 0 Å². The van der Waals surface area contributed by atoms with Crippen LogP contribution in [-0.2, 0) is 16.1 Å². The molecule has 0 spiro atoms. The summed E-state index contributed by atoms with van der Waals surface area (Å²) >= 11 is 0. The van der Waals surface area contributed by atoms with Crippen molar-refractivity contribution in [1.29, 1.82) is 0 Å². The molecule has 0 aliphatic carbocycles. The molecule has 0 bridgehead atoms. The second-order valence-corrected chi connectivity index (χ2v) is 6.13. The summed E-state index contributed by atoms with van der Waals surface area (Å²) in [5.41, 5.74) is 1.01. The van der Waals surface area contributed by atoms with Crippen molar-refractivity contribution in [3.63, 3.8) is 0 Å². The molecular weight excluding hydrogens is 366 g/mol. The van der Waals surface area contributed by atoms with Crippen LogP contribution in [0, 0.1) is 0 Å². The number of rotatable bonds is 4. The van der Waals surface area contributed by atoms with Crippen molar-refractivity contribution in [2.24, 2.45) is 0 Å². The Morgan fingerprint density at radius 1 is 1.07 bits per heavy atom. The zero-order chi connectivity index (χ0) is 19.7. The number of hydrogen-bond donors (Lipinski definition) is 1. The van der Waals surface area contributed by atoms with E-state index in [0.717, 1.165) is 0 Å². The Morgan fingerprint density at radius 3 is 2.71 bits per heavy atom. The largest absolute Gasteiger partial charge is 0.457 e. The lowest BCUT2D eigenvalue weighted by Crippen LogP contribution is -2.09. The molecule has 28 heavy (non-hydrogen) atoms. The van der Waals surface area contributed by atoms with Crippen LogP contribution < -0.4 is 20.4 Å². The average Bonchev–Trinajstić information content (AvgIpc) is 3.12. The smallest absolute Gasteiger partial charge is 0.338 e. The molecule has 1 aliphatic heterocycles. The second kappa shape index (κ2) is 7.07. The maximum atomic E-state index is 12.3. The molecule has 0 fully saturated rings. The monoisotopic (exact) mass is 381 g/mol. The average molecular weight is 381 g/mol. The summed E-state index contributed by atoms with van der Waals surface area (Å²) in [6.07, 6.45) is 0. The molecule has 1 aliphatic rings. The molecule has 1 N–H and O–H groups in total. The van der Waals surface area contributed by atoms with E-state index in [4.69, 9.17) is 18.6 Å². The van der Waals surface area contributed by atoms with Gasteiger partial charge in [0, 0.05) is 35.7 Å². The minimum Gasteiger partial charge on any atom is -0.457 e. The number of carbonyl (C=O) groups is 2. The van der Waals surface area contributed by atoms with Gasteiger partial charge in [0.1, 0.15) is 12.2 Å². The quantitative estimate of drug-likeness (QED) is 0.547. The first-order valence-corrected chi connectivity index (χ1v) is 8.41. The van der Waals surface area contributed by atoms with Gasteiger partial charge in [-0.05, 0) is 30.3 Å². The fourth-order valence-corrected chi connectivity index (χ4v) is 2.88. The lowest BCUT2D eigenvalue weighted by Gasteiger charge is -2.09. The van der Waals surface area contributed by atoms with Gasteiger partial charge in [-0.3, -0.25) is 4.79 Å². The summed E-state index contributed by atoms with van der Waals surface area (Å²) in [5, 5.41) is 3.22. The third-order valence-corrected chi connectivity index (χ3v) is 4.12. The molecule has 142 valence electrons. The van der Waals surface area contributed by atoms with Gasteiger partial charge in [0.15, 0.2) is 11.5 Å². The summed E-state index contributed by atoms with van der Waals surface area (Å²) in [4.78, 5) is 35.4. The minimum absolute atomic E-state index is 0.111.